The second kappa shape index (κ2) is 24.2. The van der Waals surface area contributed by atoms with Crippen molar-refractivity contribution in [3.63, 3.8) is 0 Å². The first-order valence-electron chi connectivity index (χ1n) is 13.6. The number of hydrogen-bond acceptors (Lipinski definition) is 2. The van der Waals surface area contributed by atoms with Gasteiger partial charge in [-0.3, -0.25) is 0 Å². The minimum absolute atomic E-state index is 0.507. The van der Waals surface area contributed by atoms with Crippen LogP contribution in [0.2, 0.25) is 0 Å². The summed E-state index contributed by atoms with van der Waals surface area (Å²) in [5.41, 5.74) is 0. The molecular formula is C27H56O2. The Morgan fingerprint density at radius 2 is 0.552 bits per heavy atom. The maximum absolute atomic E-state index is 10.1. The highest BCUT2D eigenvalue weighted by Crippen LogP contribution is 2.16. The molecule has 2 N–H and O–H groups in total. The molecule has 0 aromatic rings. The zero-order valence-electron chi connectivity index (χ0n) is 20.3. The van der Waals surface area contributed by atoms with Gasteiger partial charge >= 0.3 is 0 Å². The third-order valence-corrected chi connectivity index (χ3v) is 6.40. The lowest BCUT2D eigenvalue weighted by atomic mass is 9.99. The van der Waals surface area contributed by atoms with Gasteiger partial charge in [-0.1, -0.05) is 149 Å². The van der Waals surface area contributed by atoms with E-state index in [1.54, 1.807) is 0 Å². The standard InChI is InChI=1S/C27H56O2/c1-3-5-7-9-11-13-14-15-16-17-19-21-23-25-27(29)26(28)24-22-20-18-12-10-8-6-4-2/h26-29H,3-25H2,1-2H3. The predicted octanol–water partition coefficient (Wildman–Crippen LogP) is 8.72. The van der Waals surface area contributed by atoms with Gasteiger partial charge in [-0.05, 0) is 12.8 Å². The van der Waals surface area contributed by atoms with Crippen molar-refractivity contribution >= 4 is 0 Å². The van der Waals surface area contributed by atoms with Crippen LogP contribution in [-0.4, -0.2) is 22.4 Å². The number of aliphatic hydroxyl groups is 2. The molecule has 0 rings (SSSR count). The fraction of sp³-hybridized carbons (Fsp3) is 1.00. The van der Waals surface area contributed by atoms with Crippen LogP contribution >= 0.6 is 0 Å². The van der Waals surface area contributed by atoms with Gasteiger partial charge in [0.2, 0.25) is 0 Å². The van der Waals surface area contributed by atoms with Crippen LogP contribution in [0, 0.1) is 0 Å². The molecule has 0 aromatic carbocycles. The van der Waals surface area contributed by atoms with Crippen molar-refractivity contribution in [2.24, 2.45) is 0 Å². The van der Waals surface area contributed by atoms with E-state index in [9.17, 15) is 10.2 Å². The number of unbranched alkanes of at least 4 members (excludes halogenated alkanes) is 19. The number of hydrogen-bond donors (Lipinski definition) is 2. The zero-order chi connectivity index (χ0) is 21.4. The van der Waals surface area contributed by atoms with Crippen LogP contribution < -0.4 is 0 Å². The molecule has 0 amide bonds. The smallest absolute Gasteiger partial charge is 0.0799 e. The first-order chi connectivity index (χ1) is 14.2. The van der Waals surface area contributed by atoms with E-state index in [2.05, 4.69) is 13.8 Å². The topological polar surface area (TPSA) is 40.5 Å². The number of aliphatic hydroxyl groups excluding tert-OH is 2. The molecule has 0 radical (unpaired) electrons. The van der Waals surface area contributed by atoms with Crippen molar-refractivity contribution in [1.82, 2.24) is 0 Å². The van der Waals surface area contributed by atoms with E-state index in [-0.39, 0.29) is 0 Å². The van der Waals surface area contributed by atoms with E-state index in [4.69, 9.17) is 0 Å². The second-order valence-electron chi connectivity index (χ2n) is 9.43. The van der Waals surface area contributed by atoms with E-state index in [0.717, 1.165) is 25.7 Å². The first-order valence-corrected chi connectivity index (χ1v) is 13.6. The summed E-state index contributed by atoms with van der Waals surface area (Å²) in [6, 6.07) is 0. The molecule has 0 bridgehead atoms. The summed E-state index contributed by atoms with van der Waals surface area (Å²) in [7, 11) is 0. The van der Waals surface area contributed by atoms with Gasteiger partial charge < -0.3 is 10.2 Å². The highest BCUT2D eigenvalue weighted by molar-refractivity contribution is 4.67. The molecule has 2 atom stereocenters. The summed E-state index contributed by atoms with van der Waals surface area (Å²) in [5, 5.41) is 20.3. The molecule has 0 fully saturated rings. The lowest BCUT2D eigenvalue weighted by Crippen LogP contribution is -2.25. The largest absolute Gasteiger partial charge is 0.390 e. The summed E-state index contributed by atoms with van der Waals surface area (Å²) in [6.07, 6.45) is 28.4. The van der Waals surface area contributed by atoms with Crippen LogP contribution in [0.5, 0.6) is 0 Å². The molecule has 2 nitrogen and oxygen atoms in total. The molecule has 0 aliphatic carbocycles. The Balaban J connectivity index is 3.28. The van der Waals surface area contributed by atoms with Gasteiger partial charge in [-0.25, -0.2) is 0 Å². The van der Waals surface area contributed by atoms with E-state index in [1.165, 1.54) is 122 Å². The summed E-state index contributed by atoms with van der Waals surface area (Å²) in [4.78, 5) is 0. The van der Waals surface area contributed by atoms with Crippen molar-refractivity contribution in [3.05, 3.63) is 0 Å². The maximum atomic E-state index is 10.1. The Bertz CT molecular complexity index is 292. The zero-order valence-corrected chi connectivity index (χ0v) is 20.3. The van der Waals surface area contributed by atoms with Crippen molar-refractivity contribution in [2.75, 3.05) is 0 Å². The number of rotatable bonds is 24. The van der Waals surface area contributed by atoms with E-state index < -0.39 is 12.2 Å². The highest BCUT2D eigenvalue weighted by atomic mass is 16.3. The Morgan fingerprint density at radius 3 is 0.793 bits per heavy atom. The average molecular weight is 413 g/mol. The SMILES string of the molecule is CCCCCCCCCCCCCCCC(O)C(O)CCCCCCCCCC. The Labute approximate surface area is 184 Å². The Hall–Kier alpha value is -0.0800. The average Bonchev–Trinajstić information content (AvgIpc) is 2.73. The van der Waals surface area contributed by atoms with E-state index in [1.807, 2.05) is 0 Å². The van der Waals surface area contributed by atoms with Gasteiger partial charge in [-0.2, -0.15) is 0 Å². The summed E-state index contributed by atoms with van der Waals surface area (Å²) < 4.78 is 0. The van der Waals surface area contributed by atoms with Gasteiger partial charge in [-0.15, -0.1) is 0 Å². The molecule has 0 aliphatic rings. The van der Waals surface area contributed by atoms with Crippen molar-refractivity contribution in [3.8, 4) is 0 Å². The highest BCUT2D eigenvalue weighted by Gasteiger charge is 2.15. The fourth-order valence-electron chi connectivity index (χ4n) is 4.24. The molecular weight excluding hydrogens is 356 g/mol. The van der Waals surface area contributed by atoms with Gasteiger partial charge in [0, 0.05) is 0 Å². The quantitative estimate of drug-likeness (QED) is 0.156. The van der Waals surface area contributed by atoms with Crippen LogP contribution in [0.15, 0.2) is 0 Å². The van der Waals surface area contributed by atoms with Crippen LogP contribution in [0.4, 0.5) is 0 Å². The molecule has 0 aromatic heterocycles. The van der Waals surface area contributed by atoms with E-state index >= 15 is 0 Å². The van der Waals surface area contributed by atoms with Crippen LogP contribution in [0.1, 0.15) is 162 Å². The Kier molecular flexibility index (Phi) is 24.1. The summed E-state index contributed by atoms with van der Waals surface area (Å²) in [5.74, 6) is 0. The normalized spacial score (nSPS) is 13.7. The minimum Gasteiger partial charge on any atom is -0.390 e. The first kappa shape index (κ1) is 28.9. The summed E-state index contributed by atoms with van der Waals surface area (Å²) >= 11 is 0. The van der Waals surface area contributed by atoms with Crippen molar-refractivity contribution < 1.29 is 10.2 Å². The third-order valence-electron chi connectivity index (χ3n) is 6.40. The molecule has 29 heavy (non-hydrogen) atoms. The van der Waals surface area contributed by atoms with Crippen molar-refractivity contribution in [1.29, 1.82) is 0 Å². The lowest BCUT2D eigenvalue weighted by molar-refractivity contribution is 0.00711. The second-order valence-corrected chi connectivity index (χ2v) is 9.43. The molecule has 0 saturated heterocycles. The van der Waals surface area contributed by atoms with Crippen LogP contribution in [0.25, 0.3) is 0 Å². The molecule has 0 saturated carbocycles. The molecule has 0 spiro atoms. The van der Waals surface area contributed by atoms with Crippen molar-refractivity contribution in [2.45, 2.75) is 174 Å². The van der Waals surface area contributed by atoms with Crippen LogP contribution in [-0.2, 0) is 0 Å². The predicted molar refractivity (Wildman–Crippen MR) is 130 cm³/mol. The minimum atomic E-state index is -0.507. The van der Waals surface area contributed by atoms with Gasteiger partial charge in [0.25, 0.3) is 0 Å². The maximum Gasteiger partial charge on any atom is 0.0799 e. The van der Waals surface area contributed by atoms with E-state index in [0.29, 0.717) is 0 Å². The molecule has 2 heteroatoms. The molecule has 2 unspecified atom stereocenters. The monoisotopic (exact) mass is 412 g/mol. The van der Waals surface area contributed by atoms with Gasteiger partial charge in [0.05, 0.1) is 12.2 Å². The van der Waals surface area contributed by atoms with Gasteiger partial charge in [0.1, 0.15) is 0 Å². The molecule has 0 heterocycles. The molecule has 176 valence electrons. The molecule has 0 aliphatic heterocycles. The third kappa shape index (κ3) is 22.4. The van der Waals surface area contributed by atoms with Gasteiger partial charge in [0.15, 0.2) is 0 Å². The van der Waals surface area contributed by atoms with Crippen LogP contribution in [0.3, 0.4) is 0 Å². The summed E-state index contributed by atoms with van der Waals surface area (Å²) in [6.45, 7) is 4.53. The lowest BCUT2D eigenvalue weighted by Gasteiger charge is -2.17. The fourth-order valence-corrected chi connectivity index (χ4v) is 4.24. The Morgan fingerprint density at radius 1 is 0.345 bits per heavy atom.